The Morgan fingerprint density at radius 3 is 2.41 bits per heavy atom. The van der Waals surface area contributed by atoms with E-state index in [0.717, 1.165) is 0 Å². The van der Waals surface area contributed by atoms with Crippen molar-refractivity contribution in [3.05, 3.63) is 134 Å². The molecule has 1 aromatic heterocycles. The van der Waals surface area contributed by atoms with Gasteiger partial charge in [0.2, 0.25) is 0 Å². The first-order valence-corrected chi connectivity index (χ1v) is 13.0. The van der Waals surface area contributed by atoms with Crippen LogP contribution >= 0.6 is 12.2 Å². The molecule has 0 radical (unpaired) electrons. The lowest BCUT2D eigenvalue weighted by atomic mass is 9.87. The van der Waals surface area contributed by atoms with Crippen LogP contribution in [0.25, 0.3) is 16.6 Å². The number of anilines is 2. The highest BCUT2D eigenvalue weighted by Gasteiger charge is 2.46. The number of para-hydroxylation sites is 3. The molecular formula is C30H21N5O5S. The molecule has 41 heavy (non-hydrogen) atoms. The van der Waals surface area contributed by atoms with Gasteiger partial charge in [0.1, 0.15) is 0 Å². The average molecular weight is 564 g/mol. The first-order valence-electron chi connectivity index (χ1n) is 12.6. The van der Waals surface area contributed by atoms with Crippen molar-refractivity contribution in [3.8, 4) is 5.69 Å². The average Bonchev–Trinajstić information content (AvgIpc) is 3.21. The minimum Gasteiger partial charge on any atom is -0.377 e. The van der Waals surface area contributed by atoms with Crippen molar-refractivity contribution in [2.75, 3.05) is 10.6 Å². The molecule has 0 fully saturated rings. The predicted molar refractivity (Wildman–Crippen MR) is 159 cm³/mol. The molecule has 1 atom stereocenters. The number of nitrogens with zero attached hydrogens (tertiary/aromatic N) is 3. The molecule has 5 aromatic rings. The Hall–Kier alpha value is -5.26. The van der Waals surface area contributed by atoms with Gasteiger partial charge in [-0.1, -0.05) is 42.5 Å². The molecule has 4 aromatic carbocycles. The van der Waals surface area contributed by atoms with Crippen molar-refractivity contribution in [2.45, 2.75) is 12.0 Å². The molecule has 0 amide bonds. The molecule has 0 spiro atoms. The number of carbonyl (C=O) groups excluding carboxylic acids is 1. The topological polar surface area (TPSA) is 139 Å². The molecule has 2 heterocycles. The predicted octanol–water partition coefficient (Wildman–Crippen LogP) is 4.93. The quantitative estimate of drug-likeness (QED) is 0.114. The SMILES string of the molecule is O=C(CC1(O)c2ccccc2-n2c1nc1ccccc1c2=O)c1ccccc1NC(=S)Nc1ccc([N+](=O)[O-])cc1. The second kappa shape index (κ2) is 10.0. The summed E-state index contributed by atoms with van der Waals surface area (Å²) < 4.78 is 1.37. The molecule has 0 saturated carbocycles. The third-order valence-corrected chi connectivity index (χ3v) is 7.17. The first kappa shape index (κ1) is 26.0. The summed E-state index contributed by atoms with van der Waals surface area (Å²) in [5.41, 5.74) is 0.260. The number of nitro benzene ring substituents is 1. The molecular weight excluding hydrogens is 542 g/mol. The van der Waals surface area contributed by atoms with Crippen molar-refractivity contribution >= 4 is 51.1 Å². The van der Waals surface area contributed by atoms with Crippen LogP contribution in [0.5, 0.6) is 0 Å². The highest BCUT2D eigenvalue weighted by Crippen LogP contribution is 2.42. The van der Waals surface area contributed by atoms with Crippen LogP contribution in [0.4, 0.5) is 17.1 Å². The second-order valence-electron chi connectivity index (χ2n) is 9.50. The van der Waals surface area contributed by atoms with E-state index in [1.807, 2.05) is 0 Å². The third-order valence-electron chi connectivity index (χ3n) is 6.96. The van der Waals surface area contributed by atoms with Gasteiger partial charge in [-0.25, -0.2) is 4.98 Å². The van der Waals surface area contributed by atoms with Gasteiger partial charge in [-0.2, -0.15) is 0 Å². The van der Waals surface area contributed by atoms with Gasteiger partial charge in [0.25, 0.3) is 11.2 Å². The van der Waals surface area contributed by atoms with Crippen LogP contribution in [0.15, 0.2) is 102 Å². The van der Waals surface area contributed by atoms with E-state index in [0.29, 0.717) is 33.5 Å². The van der Waals surface area contributed by atoms with E-state index in [1.54, 1.807) is 72.8 Å². The molecule has 1 unspecified atom stereocenters. The summed E-state index contributed by atoms with van der Waals surface area (Å²) in [4.78, 5) is 42.3. The van der Waals surface area contributed by atoms with E-state index in [9.17, 15) is 24.8 Å². The zero-order chi connectivity index (χ0) is 28.7. The maximum absolute atomic E-state index is 13.8. The number of nitrogens with one attached hydrogen (secondary N) is 2. The van der Waals surface area contributed by atoms with Gasteiger partial charge in [0, 0.05) is 28.9 Å². The Bertz CT molecular complexity index is 1940. The van der Waals surface area contributed by atoms with Crippen LogP contribution < -0.4 is 16.2 Å². The highest BCUT2D eigenvalue weighted by molar-refractivity contribution is 7.80. The number of fused-ring (bicyclic) bond motifs is 4. The lowest BCUT2D eigenvalue weighted by Gasteiger charge is -2.23. The van der Waals surface area contributed by atoms with Crippen LogP contribution in [0.1, 0.15) is 28.2 Å². The number of benzene rings is 4. The lowest BCUT2D eigenvalue weighted by Crippen LogP contribution is -2.32. The summed E-state index contributed by atoms with van der Waals surface area (Å²) in [6, 6.07) is 26.2. The Morgan fingerprint density at radius 2 is 1.63 bits per heavy atom. The fourth-order valence-corrected chi connectivity index (χ4v) is 5.29. The molecule has 1 aliphatic heterocycles. The van der Waals surface area contributed by atoms with Crippen LogP contribution in [-0.2, 0) is 5.60 Å². The number of aliphatic hydroxyl groups is 1. The standard InChI is InChI=1S/C30H21N5O5S/c36-26(20-7-1-4-10-23(20)33-29(41)31-18-13-15-19(16-14-18)35(39)40)17-30(38)22-9-3-6-12-25(22)34-27(37)21-8-2-5-11-24(21)32-28(30)34/h1-16,38H,17H2,(H2,31,33,41). The molecule has 1 aliphatic rings. The summed E-state index contributed by atoms with van der Waals surface area (Å²) in [6.45, 7) is 0. The minimum atomic E-state index is -1.86. The summed E-state index contributed by atoms with van der Waals surface area (Å²) >= 11 is 5.41. The van der Waals surface area contributed by atoms with Crippen LogP contribution in [-0.4, -0.2) is 30.5 Å². The van der Waals surface area contributed by atoms with Gasteiger partial charge in [-0.05, 0) is 54.7 Å². The normalized spacial score (nSPS) is 15.1. The fourth-order valence-electron chi connectivity index (χ4n) is 5.06. The van der Waals surface area contributed by atoms with E-state index in [1.165, 1.54) is 28.8 Å². The first-order chi connectivity index (χ1) is 19.8. The number of aromatic nitrogens is 2. The zero-order valence-corrected chi connectivity index (χ0v) is 22.1. The smallest absolute Gasteiger partial charge is 0.269 e. The Kier molecular flexibility index (Phi) is 6.37. The monoisotopic (exact) mass is 563 g/mol. The van der Waals surface area contributed by atoms with Gasteiger partial charge in [0.15, 0.2) is 22.3 Å². The maximum atomic E-state index is 13.8. The number of hydrogen-bond acceptors (Lipinski definition) is 7. The number of rotatable bonds is 6. The van der Waals surface area contributed by atoms with E-state index in [-0.39, 0.29) is 34.2 Å². The number of non-ortho nitro benzene ring substituents is 1. The number of Topliss-reactive ketones (excluding diaryl/α,β-unsaturated/α-hetero) is 1. The Labute approximate surface area is 238 Å². The van der Waals surface area contributed by atoms with Gasteiger partial charge >= 0.3 is 0 Å². The van der Waals surface area contributed by atoms with Crippen molar-refractivity contribution in [2.24, 2.45) is 0 Å². The minimum absolute atomic E-state index is 0.0527. The van der Waals surface area contributed by atoms with Crippen molar-refractivity contribution in [3.63, 3.8) is 0 Å². The highest BCUT2D eigenvalue weighted by atomic mass is 32.1. The van der Waals surface area contributed by atoms with Crippen molar-refractivity contribution in [1.29, 1.82) is 0 Å². The molecule has 11 heteroatoms. The van der Waals surface area contributed by atoms with Crippen LogP contribution in [0, 0.1) is 10.1 Å². The van der Waals surface area contributed by atoms with Gasteiger partial charge in [-0.3, -0.25) is 24.3 Å². The largest absolute Gasteiger partial charge is 0.377 e. The Balaban J connectivity index is 1.32. The second-order valence-corrected chi connectivity index (χ2v) is 9.91. The summed E-state index contributed by atoms with van der Waals surface area (Å²) in [6.07, 6.45) is -0.379. The summed E-state index contributed by atoms with van der Waals surface area (Å²) in [7, 11) is 0. The fraction of sp³-hybridized carbons (Fsp3) is 0.0667. The molecule has 3 N–H and O–H groups in total. The number of carbonyl (C=O) groups is 1. The number of hydrogen-bond donors (Lipinski definition) is 3. The molecule has 10 nitrogen and oxygen atoms in total. The van der Waals surface area contributed by atoms with E-state index >= 15 is 0 Å². The molecule has 202 valence electrons. The number of nitro groups is 1. The van der Waals surface area contributed by atoms with Crippen molar-refractivity contribution in [1.82, 2.24) is 9.55 Å². The molecule has 0 aliphatic carbocycles. The van der Waals surface area contributed by atoms with Gasteiger partial charge in [0.05, 0.1) is 33.6 Å². The molecule has 0 saturated heterocycles. The lowest BCUT2D eigenvalue weighted by molar-refractivity contribution is -0.384. The molecule has 6 rings (SSSR count). The Morgan fingerprint density at radius 1 is 0.951 bits per heavy atom. The number of thiocarbonyl (C=S) groups is 1. The molecule has 0 bridgehead atoms. The van der Waals surface area contributed by atoms with Crippen molar-refractivity contribution < 1.29 is 14.8 Å². The van der Waals surface area contributed by atoms with Gasteiger partial charge in [-0.15, -0.1) is 0 Å². The van der Waals surface area contributed by atoms with Crippen LogP contribution in [0.3, 0.4) is 0 Å². The maximum Gasteiger partial charge on any atom is 0.269 e. The summed E-state index contributed by atoms with van der Waals surface area (Å²) in [5.74, 6) is -0.323. The summed E-state index contributed by atoms with van der Waals surface area (Å²) in [5, 5.41) is 29.5. The van der Waals surface area contributed by atoms with E-state index in [2.05, 4.69) is 15.6 Å². The number of ketones is 1. The van der Waals surface area contributed by atoms with Crippen LogP contribution in [0.2, 0.25) is 0 Å². The van der Waals surface area contributed by atoms with E-state index in [4.69, 9.17) is 12.2 Å². The van der Waals surface area contributed by atoms with Gasteiger partial charge < -0.3 is 15.7 Å². The third kappa shape index (κ3) is 4.52. The zero-order valence-electron chi connectivity index (χ0n) is 21.3. The van der Waals surface area contributed by atoms with E-state index < -0.39 is 16.3 Å².